The molecule has 2 unspecified atom stereocenters. The van der Waals surface area contributed by atoms with E-state index in [9.17, 15) is 23.9 Å². The molecule has 1 aromatic heterocycles. The number of fused-ring (bicyclic) bond motifs is 1. The molecular weight excluding hydrogens is 585 g/mol. The van der Waals surface area contributed by atoms with Gasteiger partial charge in [-0.25, -0.2) is 14.2 Å². The molecule has 1 N–H and O–H groups in total. The molecule has 4 heterocycles. The SMILES string of the molecule is CC(=O)OCc1nc2c(cc1Cc1ccc(F)cc1)N(C(=O)CN1C[C@@H](C)N(C(=O)O)C[C@@H]1CN1CCOCC1C)C(C)CO2. The number of amides is 2. The number of benzene rings is 1. The second-order valence-corrected chi connectivity index (χ2v) is 12.2. The first-order valence-electron chi connectivity index (χ1n) is 15.4. The van der Waals surface area contributed by atoms with E-state index in [2.05, 4.69) is 21.7 Å². The third kappa shape index (κ3) is 7.71. The number of morpholine rings is 1. The van der Waals surface area contributed by atoms with Crippen LogP contribution in [0, 0.1) is 5.82 Å². The van der Waals surface area contributed by atoms with Crippen LogP contribution in [-0.4, -0.2) is 119 Å². The van der Waals surface area contributed by atoms with E-state index in [1.165, 1.54) is 24.0 Å². The van der Waals surface area contributed by atoms with E-state index >= 15 is 0 Å². The fraction of sp³-hybridized carbons (Fsp3) is 0.562. The highest BCUT2D eigenvalue weighted by molar-refractivity contribution is 5.97. The van der Waals surface area contributed by atoms with Gasteiger partial charge < -0.3 is 29.1 Å². The number of rotatable bonds is 8. The number of carboxylic acid groups (broad SMARTS) is 1. The summed E-state index contributed by atoms with van der Waals surface area (Å²) in [4.78, 5) is 50.1. The minimum atomic E-state index is -0.964. The molecule has 45 heavy (non-hydrogen) atoms. The zero-order valence-corrected chi connectivity index (χ0v) is 26.3. The Labute approximate surface area is 262 Å². The predicted octanol–water partition coefficient (Wildman–Crippen LogP) is 2.76. The standard InChI is InChI=1S/C32H42FN5O7/c1-20-13-36(27(15-37(20)32(41)42)14-35-9-10-43-17-21(35)2)16-30(40)38-22(3)18-45-31-29(38)12-25(28(34-31)19-44-23(4)39)11-24-5-7-26(33)8-6-24/h5-8,12,20-22,27H,9-11,13-19H2,1-4H3,(H,41,42)/t20-,21?,22?,27+/m1/s1. The number of carbonyl (C=O) groups is 3. The molecule has 2 amide bonds. The van der Waals surface area contributed by atoms with Crippen molar-refractivity contribution >= 4 is 23.7 Å². The number of aromatic nitrogens is 1. The molecule has 13 heteroatoms. The average Bonchev–Trinajstić information content (AvgIpc) is 2.99. The lowest BCUT2D eigenvalue weighted by Crippen LogP contribution is -2.64. The number of ether oxygens (including phenoxy) is 3. The van der Waals surface area contributed by atoms with E-state index in [-0.39, 0.29) is 61.5 Å². The smallest absolute Gasteiger partial charge is 0.407 e. The number of carbonyl (C=O) groups excluding carboxylic acids is 2. The molecule has 5 rings (SSSR count). The number of nitrogens with zero attached hydrogens (tertiary/aromatic N) is 5. The first-order valence-corrected chi connectivity index (χ1v) is 15.4. The number of pyridine rings is 1. The maximum Gasteiger partial charge on any atom is 0.407 e. The van der Waals surface area contributed by atoms with Gasteiger partial charge in [-0.15, -0.1) is 0 Å². The van der Waals surface area contributed by atoms with Gasteiger partial charge in [-0.2, -0.15) is 0 Å². The first-order chi connectivity index (χ1) is 21.5. The molecule has 2 aromatic rings. The van der Waals surface area contributed by atoms with E-state index in [0.717, 1.165) is 17.7 Å². The second-order valence-electron chi connectivity index (χ2n) is 12.2. The largest absolute Gasteiger partial charge is 0.474 e. The molecule has 0 saturated carbocycles. The lowest BCUT2D eigenvalue weighted by molar-refractivity contribution is -0.142. The van der Waals surface area contributed by atoms with Crippen molar-refractivity contribution in [3.63, 3.8) is 0 Å². The number of hydrogen-bond acceptors (Lipinski definition) is 9. The van der Waals surface area contributed by atoms with Crippen LogP contribution < -0.4 is 9.64 Å². The van der Waals surface area contributed by atoms with Crippen molar-refractivity contribution in [2.45, 2.75) is 64.9 Å². The summed E-state index contributed by atoms with van der Waals surface area (Å²) in [5.74, 6) is -0.673. The van der Waals surface area contributed by atoms with Crippen molar-refractivity contribution < 1.29 is 38.1 Å². The van der Waals surface area contributed by atoms with Crippen LogP contribution in [0.3, 0.4) is 0 Å². The molecule has 1 aromatic carbocycles. The molecule has 4 atom stereocenters. The Morgan fingerprint density at radius 1 is 1.04 bits per heavy atom. The monoisotopic (exact) mass is 627 g/mol. The molecular formula is C32H42FN5O7. The predicted molar refractivity (Wildman–Crippen MR) is 163 cm³/mol. The van der Waals surface area contributed by atoms with Gasteiger partial charge >= 0.3 is 12.1 Å². The van der Waals surface area contributed by atoms with Crippen molar-refractivity contribution in [3.8, 4) is 5.88 Å². The van der Waals surface area contributed by atoms with Crippen LogP contribution in [0.25, 0.3) is 0 Å². The van der Waals surface area contributed by atoms with Crippen LogP contribution in [0.15, 0.2) is 30.3 Å². The zero-order valence-electron chi connectivity index (χ0n) is 26.3. The van der Waals surface area contributed by atoms with E-state index < -0.39 is 12.1 Å². The molecule has 12 nitrogen and oxygen atoms in total. The Balaban J connectivity index is 1.42. The van der Waals surface area contributed by atoms with Gasteiger partial charge in [0.05, 0.1) is 31.5 Å². The van der Waals surface area contributed by atoms with Gasteiger partial charge in [0.1, 0.15) is 24.7 Å². The Morgan fingerprint density at radius 2 is 1.80 bits per heavy atom. The number of piperazine rings is 1. The van der Waals surface area contributed by atoms with Gasteiger partial charge in [0.25, 0.3) is 0 Å². The zero-order chi connectivity index (χ0) is 32.2. The third-order valence-corrected chi connectivity index (χ3v) is 8.78. The number of halogens is 1. The summed E-state index contributed by atoms with van der Waals surface area (Å²) < 4.78 is 30.4. The van der Waals surface area contributed by atoms with Crippen molar-refractivity contribution in [1.29, 1.82) is 0 Å². The number of anilines is 1. The lowest BCUT2D eigenvalue weighted by Gasteiger charge is -2.47. The van der Waals surface area contributed by atoms with Gasteiger partial charge in [0.15, 0.2) is 0 Å². The molecule has 2 fully saturated rings. The molecule has 2 saturated heterocycles. The van der Waals surface area contributed by atoms with Gasteiger partial charge in [0, 0.05) is 51.2 Å². The highest BCUT2D eigenvalue weighted by atomic mass is 19.1. The minimum Gasteiger partial charge on any atom is -0.474 e. The molecule has 244 valence electrons. The fourth-order valence-electron chi connectivity index (χ4n) is 6.30. The first kappa shape index (κ1) is 32.6. The minimum absolute atomic E-state index is 0.0701. The Kier molecular flexibility index (Phi) is 10.2. The maximum absolute atomic E-state index is 14.2. The fourth-order valence-corrected chi connectivity index (χ4v) is 6.30. The van der Waals surface area contributed by atoms with Crippen LogP contribution in [-0.2, 0) is 32.1 Å². The van der Waals surface area contributed by atoms with Crippen LogP contribution in [0.2, 0.25) is 0 Å². The van der Waals surface area contributed by atoms with E-state index in [4.69, 9.17) is 14.2 Å². The van der Waals surface area contributed by atoms with Gasteiger partial charge in [-0.1, -0.05) is 12.1 Å². The maximum atomic E-state index is 14.2. The Bertz CT molecular complexity index is 1390. The second kappa shape index (κ2) is 14.1. The molecule has 0 aliphatic carbocycles. The summed E-state index contributed by atoms with van der Waals surface area (Å²) >= 11 is 0. The number of hydrogen-bond donors (Lipinski definition) is 1. The van der Waals surface area contributed by atoms with Gasteiger partial charge in [-0.05, 0) is 56.5 Å². The van der Waals surface area contributed by atoms with Crippen LogP contribution >= 0.6 is 0 Å². The summed E-state index contributed by atoms with van der Waals surface area (Å²) in [5.41, 5.74) is 2.56. The van der Waals surface area contributed by atoms with Crippen molar-refractivity contribution in [1.82, 2.24) is 19.7 Å². The highest BCUT2D eigenvalue weighted by Gasteiger charge is 2.39. The van der Waals surface area contributed by atoms with Crippen molar-refractivity contribution in [2.75, 3.05) is 57.4 Å². The topological polar surface area (TPSA) is 125 Å². The van der Waals surface area contributed by atoms with E-state index in [1.807, 2.05) is 19.9 Å². The molecule has 0 spiro atoms. The highest BCUT2D eigenvalue weighted by Crippen LogP contribution is 2.35. The molecule has 3 aliphatic heterocycles. The van der Waals surface area contributed by atoms with E-state index in [0.29, 0.717) is 50.7 Å². The Morgan fingerprint density at radius 3 is 2.49 bits per heavy atom. The lowest BCUT2D eigenvalue weighted by atomic mass is 10.0. The average molecular weight is 628 g/mol. The van der Waals surface area contributed by atoms with Crippen molar-refractivity contribution in [2.24, 2.45) is 0 Å². The Hall–Kier alpha value is -3.81. The quantitative estimate of drug-likeness (QED) is 0.437. The summed E-state index contributed by atoms with van der Waals surface area (Å²) in [6.45, 7) is 10.7. The third-order valence-electron chi connectivity index (χ3n) is 8.78. The van der Waals surface area contributed by atoms with Crippen LogP contribution in [0.1, 0.15) is 44.5 Å². The summed E-state index contributed by atoms with van der Waals surface area (Å²) in [6, 6.07) is 7.40. The van der Waals surface area contributed by atoms with Gasteiger partial charge in [0.2, 0.25) is 11.8 Å². The summed E-state index contributed by atoms with van der Waals surface area (Å²) in [7, 11) is 0. The molecule has 0 bridgehead atoms. The summed E-state index contributed by atoms with van der Waals surface area (Å²) in [5, 5.41) is 9.87. The molecule has 0 radical (unpaired) electrons. The van der Waals surface area contributed by atoms with Gasteiger partial charge in [-0.3, -0.25) is 19.4 Å². The normalized spacial score (nSPS) is 24.1. The number of esters is 1. The molecule has 3 aliphatic rings. The van der Waals surface area contributed by atoms with Crippen LogP contribution in [0.5, 0.6) is 5.88 Å². The van der Waals surface area contributed by atoms with E-state index in [1.54, 1.807) is 17.0 Å². The van der Waals surface area contributed by atoms with Crippen molar-refractivity contribution in [3.05, 3.63) is 53.0 Å². The summed E-state index contributed by atoms with van der Waals surface area (Å²) in [6.07, 6.45) is -0.587. The van der Waals surface area contributed by atoms with Crippen LogP contribution in [0.4, 0.5) is 14.9 Å².